The number of amides is 1. The number of halogens is 1. The topological polar surface area (TPSA) is 32.8 Å². The first-order valence-corrected chi connectivity index (χ1v) is 10.0. The molecule has 1 atom stereocenters. The Balaban J connectivity index is 1.44. The third kappa shape index (κ3) is 3.65. The van der Waals surface area contributed by atoms with E-state index >= 15 is 0 Å². The van der Waals surface area contributed by atoms with Crippen molar-refractivity contribution in [3.63, 3.8) is 0 Å². The maximum absolute atomic E-state index is 12.5. The minimum Gasteiger partial charge on any atom is -0.441 e. The van der Waals surface area contributed by atoms with Gasteiger partial charge in [-0.15, -0.1) is 0 Å². The van der Waals surface area contributed by atoms with Crippen molar-refractivity contribution in [2.45, 2.75) is 63.0 Å². The van der Waals surface area contributed by atoms with Gasteiger partial charge in [-0.1, -0.05) is 30.9 Å². The molecule has 0 aromatic heterocycles. The van der Waals surface area contributed by atoms with Gasteiger partial charge < -0.3 is 9.64 Å². The number of nitrogens with zero attached hydrogens (tertiary/aromatic N) is 2. The van der Waals surface area contributed by atoms with Crippen molar-refractivity contribution in [1.29, 1.82) is 0 Å². The highest BCUT2D eigenvalue weighted by atomic mass is 35.5. The summed E-state index contributed by atoms with van der Waals surface area (Å²) in [4.78, 5) is 16.9. The summed E-state index contributed by atoms with van der Waals surface area (Å²) in [5.41, 5.74) is 0.555. The van der Waals surface area contributed by atoms with E-state index in [1.807, 2.05) is 24.3 Å². The SMILES string of the molecule is O=C1OC2(CCCN(C3CCCCC3)CC2)CN1c1ccc(Cl)cc1. The lowest BCUT2D eigenvalue weighted by molar-refractivity contribution is 0.0423. The molecule has 1 saturated carbocycles. The van der Waals surface area contributed by atoms with Gasteiger partial charge in [-0.05, 0) is 56.5 Å². The molecule has 1 amide bonds. The molecule has 3 fully saturated rings. The maximum Gasteiger partial charge on any atom is 0.415 e. The number of carbonyl (C=O) groups is 1. The number of hydrogen-bond acceptors (Lipinski definition) is 3. The Labute approximate surface area is 155 Å². The van der Waals surface area contributed by atoms with Gasteiger partial charge >= 0.3 is 6.09 Å². The number of anilines is 1. The molecule has 5 heteroatoms. The van der Waals surface area contributed by atoms with E-state index in [-0.39, 0.29) is 11.7 Å². The summed E-state index contributed by atoms with van der Waals surface area (Å²) in [5.74, 6) is 0. The maximum atomic E-state index is 12.5. The number of likely N-dealkylation sites (tertiary alicyclic amines) is 1. The zero-order valence-corrected chi connectivity index (χ0v) is 15.5. The number of hydrogen-bond donors (Lipinski definition) is 0. The van der Waals surface area contributed by atoms with Crippen LogP contribution in [0.3, 0.4) is 0 Å². The molecule has 1 aromatic rings. The van der Waals surface area contributed by atoms with Crippen LogP contribution in [0.2, 0.25) is 5.02 Å². The minimum atomic E-state index is -0.319. The molecular formula is C20H27ClN2O2. The Kier molecular flexibility index (Phi) is 4.92. The average Bonchev–Trinajstić information content (AvgIpc) is 2.82. The largest absolute Gasteiger partial charge is 0.441 e. The first kappa shape index (κ1) is 17.2. The summed E-state index contributed by atoms with van der Waals surface area (Å²) in [5, 5.41) is 0.684. The molecule has 2 aliphatic heterocycles. The molecule has 2 heterocycles. The molecule has 0 bridgehead atoms. The first-order valence-electron chi connectivity index (χ1n) is 9.65. The van der Waals surface area contributed by atoms with Crippen LogP contribution in [-0.2, 0) is 4.74 Å². The van der Waals surface area contributed by atoms with E-state index in [9.17, 15) is 4.79 Å². The second-order valence-electron chi connectivity index (χ2n) is 7.79. The number of carbonyl (C=O) groups excluding carboxylic acids is 1. The van der Waals surface area contributed by atoms with E-state index in [0.29, 0.717) is 11.6 Å². The zero-order chi connectivity index (χ0) is 17.3. The summed E-state index contributed by atoms with van der Waals surface area (Å²) in [7, 11) is 0. The summed E-state index contributed by atoms with van der Waals surface area (Å²) in [6.45, 7) is 2.85. The monoisotopic (exact) mass is 362 g/mol. The third-order valence-corrected chi connectivity index (χ3v) is 6.38. The van der Waals surface area contributed by atoms with Crippen molar-refractivity contribution < 1.29 is 9.53 Å². The standard InChI is InChI=1S/C20H27ClN2O2/c21-16-7-9-18(10-8-16)23-15-20(25-19(23)24)11-4-13-22(14-12-20)17-5-2-1-3-6-17/h7-10,17H,1-6,11-15H2. The molecule has 3 aliphatic rings. The fourth-order valence-corrected chi connectivity index (χ4v) is 4.83. The zero-order valence-electron chi connectivity index (χ0n) is 14.8. The molecule has 25 heavy (non-hydrogen) atoms. The van der Waals surface area contributed by atoms with Crippen molar-refractivity contribution in [2.75, 3.05) is 24.5 Å². The fraction of sp³-hybridized carbons (Fsp3) is 0.650. The molecule has 4 nitrogen and oxygen atoms in total. The Morgan fingerprint density at radius 3 is 2.52 bits per heavy atom. The fourth-order valence-electron chi connectivity index (χ4n) is 4.70. The van der Waals surface area contributed by atoms with Crippen molar-refractivity contribution in [2.24, 2.45) is 0 Å². The van der Waals surface area contributed by atoms with Crippen molar-refractivity contribution >= 4 is 23.4 Å². The van der Waals surface area contributed by atoms with Gasteiger partial charge in [0, 0.05) is 29.7 Å². The van der Waals surface area contributed by atoms with Crippen LogP contribution in [0, 0.1) is 0 Å². The smallest absolute Gasteiger partial charge is 0.415 e. The van der Waals surface area contributed by atoms with Crippen LogP contribution in [0.25, 0.3) is 0 Å². The average molecular weight is 363 g/mol. The number of rotatable bonds is 2. The van der Waals surface area contributed by atoms with Crippen LogP contribution in [0.1, 0.15) is 51.4 Å². The van der Waals surface area contributed by atoms with Crippen molar-refractivity contribution in [3.05, 3.63) is 29.3 Å². The Bertz CT molecular complexity index is 615. The highest BCUT2D eigenvalue weighted by Gasteiger charge is 2.46. The van der Waals surface area contributed by atoms with E-state index in [0.717, 1.165) is 44.1 Å². The Morgan fingerprint density at radius 1 is 1.00 bits per heavy atom. The lowest BCUT2D eigenvalue weighted by Gasteiger charge is -2.33. The molecule has 1 aliphatic carbocycles. The summed E-state index contributed by atoms with van der Waals surface area (Å²) < 4.78 is 5.93. The van der Waals surface area contributed by atoms with Crippen LogP contribution in [0.15, 0.2) is 24.3 Å². The molecular weight excluding hydrogens is 336 g/mol. The van der Waals surface area contributed by atoms with Crippen LogP contribution in [0.5, 0.6) is 0 Å². The number of benzene rings is 1. The van der Waals surface area contributed by atoms with Gasteiger partial charge in [0.05, 0.1) is 6.54 Å². The van der Waals surface area contributed by atoms with Crippen LogP contribution in [-0.4, -0.2) is 42.3 Å². The minimum absolute atomic E-state index is 0.214. The quantitative estimate of drug-likeness (QED) is 0.753. The van der Waals surface area contributed by atoms with E-state index in [4.69, 9.17) is 16.3 Å². The Morgan fingerprint density at radius 2 is 1.76 bits per heavy atom. The number of ether oxygens (including phenoxy) is 1. The molecule has 1 unspecified atom stereocenters. The van der Waals surface area contributed by atoms with Gasteiger partial charge in [0.1, 0.15) is 5.60 Å². The van der Waals surface area contributed by atoms with Gasteiger partial charge in [0.25, 0.3) is 0 Å². The third-order valence-electron chi connectivity index (χ3n) is 6.13. The van der Waals surface area contributed by atoms with Gasteiger partial charge in [-0.3, -0.25) is 4.90 Å². The predicted octanol–water partition coefficient (Wildman–Crippen LogP) is 4.85. The van der Waals surface area contributed by atoms with Gasteiger partial charge in [0.15, 0.2) is 0 Å². The molecule has 0 radical (unpaired) electrons. The molecule has 1 spiro atoms. The van der Waals surface area contributed by atoms with E-state index in [2.05, 4.69) is 4.90 Å². The molecule has 1 aromatic carbocycles. The van der Waals surface area contributed by atoms with E-state index in [1.165, 1.54) is 32.1 Å². The Hall–Kier alpha value is -1.26. The molecule has 136 valence electrons. The molecule has 4 rings (SSSR count). The highest BCUT2D eigenvalue weighted by molar-refractivity contribution is 6.30. The second kappa shape index (κ2) is 7.16. The van der Waals surface area contributed by atoms with Gasteiger partial charge in [-0.25, -0.2) is 4.79 Å². The van der Waals surface area contributed by atoms with Crippen molar-refractivity contribution in [1.82, 2.24) is 4.90 Å². The van der Waals surface area contributed by atoms with Crippen LogP contribution in [0.4, 0.5) is 10.5 Å². The van der Waals surface area contributed by atoms with Gasteiger partial charge in [-0.2, -0.15) is 0 Å². The summed E-state index contributed by atoms with van der Waals surface area (Å²) in [6.07, 6.45) is 9.60. The van der Waals surface area contributed by atoms with E-state index in [1.54, 1.807) is 4.90 Å². The summed E-state index contributed by atoms with van der Waals surface area (Å²) >= 11 is 5.97. The van der Waals surface area contributed by atoms with Crippen molar-refractivity contribution in [3.8, 4) is 0 Å². The highest BCUT2D eigenvalue weighted by Crippen LogP contribution is 2.37. The van der Waals surface area contributed by atoms with Crippen LogP contribution < -0.4 is 4.90 Å². The van der Waals surface area contributed by atoms with Crippen LogP contribution >= 0.6 is 11.6 Å². The van der Waals surface area contributed by atoms with E-state index < -0.39 is 0 Å². The molecule has 0 N–H and O–H groups in total. The van der Waals surface area contributed by atoms with Gasteiger partial charge in [0.2, 0.25) is 0 Å². The lowest BCUT2D eigenvalue weighted by atomic mass is 9.93. The molecule has 2 saturated heterocycles. The normalized spacial score (nSPS) is 29.0. The predicted molar refractivity (Wildman–Crippen MR) is 100 cm³/mol. The lowest BCUT2D eigenvalue weighted by Crippen LogP contribution is -2.39. The second-order valence-corrected chi connectivity index (χ2v) is 8.23. The first-order chi connectivity index (χ1) is 12.2. The summed E-state index contributed by atoms with van der Waals surface area (Å²) in [6, 6.07) is 8.19.